The number of hydrogen-bond donors (Lipinski definition) is 1. The third kappa shape index (κ3) is 5.45. The molecule has 4 rings (SSSR count). The van der Waals surface area contributed by atoms with Crippen molar-refractivity contribution in [2.75, 3.05) is 28.3 Å². The Morgan fingerprint density at radius 3 is 2.26 bits per heavy atom. The first-order valence-electron chi connectivity index (χ1n) is 12.2. The molecule has 0 unspecified atom stereocenters. The number of anilines is 3. The van der Waals surface area contributed by atoms with Crippen molar-refractivity contribution in [3.05, 3.63) is 101 Å². The van der Waals surface area contributed by atoms with Crippen molar-refractivity contribution in [3.63, 3.8) is 0 Å². The topological polar surface area (TPSA) is 96.0 Å². The Bertz CT molecular complexity index is 1400. The molecular formula is C29H26ClN3O5. The summed E-state index contributed by atoms with van der Waals surface area (Å²) in [6.07, 6.45) is 0.669. The lowest BCUT2D eigenvalue weighted by Crippen LogP contribution is -2.32. The van der Waals surface area contributed by atoms with Crippen LogP contribution in [0, 0.1) is 0 Å². The normalized spacial score (nSPS) is 13.1. The molecule has 9 heteroatoms. The van der Waals surface area contributed by atoms with Gasteiger partial charge >= 0.3 is 5.97 Å². The highest BCUT2D eigenvalue weighted by molar-refractivity contribution is 6.53. The number of rotatable bonds is 9. The molecule has 0 radical (unpaired) electrons. The Morgan fingerprint density at radius 2 is 1.61 bits per heavy atom. The zero-order chi connectivity index (χ0) is 27.2. The molecule has 0 spiro atoms. The molecule has 3 aromatic rings. The summed E-state index contributed by atoms with van der Waals surface area (Å²) in [6, 6.07) is 21.9. The minimum atomic E-state index is -0.716. The molecule has 1 aliphatic rings. The van der Waals surface area contributed by atoms with Gasteiger partial charge in [0.1, 0.15) is 10.7 Å². The summed E-state index contributed by atoms with van der Waals surface area (Å²) in [5.74, 6) is -2.10. The Balaban J connectivity index is 1.50. The van der Waals surface area contributed by atoms with E-state index >= 15 is 0 Å². The Kier molecular flexibility index (Phi) is 8.23. The summed E-state index contributed by atoms with van der Waals surface area (Å²) in [7, 11) is 0. The number of imide groups is 1. The predicted molar refractivity (Wildman–Crippen MR) is 146 cm³/mol. The van der Waals surface area contributed by atoms with Gasteiger partial charge in [-0.2, -0.15) is 0 Å². The van der Waals surface area contributed by atoms with Gasteiger partial charge in [0.25, 0.3) is 17.7 Å². The molecular weight excluding hydrogens is 506 g/mol. The Labute approximate surface area is 225 Å². The molecule has 8 nitrogen and oxygen atoms in total. The van der Waals surface area contributed by atoms with Crippen LogP contribution in [0.2, 0.25) is 0 Å². The van der Waals surface area contributed by atoms with Crippen molar-refractivity contribution >= 4 is 52.4 Å². The summed E-state index contributed by atoms with van der Waals surface area (Å²) in [4.78, 5) is 53.9. The van der Waals surface area contributed by atoms with Gasteiger partial charge in [-0.15, -0.1) is 0 Å². The van der Waals surface area contributed by atoms with E-state index in [1.165, 1.54) is 12.1 Å². The lowest BCUT2D eigenvalue weighted by Gasteiger charge is -2.21. The molecule has 0 atom stereocenters. The molecule has 194 valence electrons. The number of halogens is 1. The van der Waals surface area contributed by atoms with E-state index in [4.69, 9.17) is 16.3 Å². The summed E-state index contributed by atoms with van der Waals surface area (Å²) in [5, 5.41) is 2.61. The second-order valence-corrected chi connectivity index (χ2v) is 8.79. The zero-order valence-electron chi connectivity index (χ0n) is 20.9. The first-order valence-corrected chi connectivity index (χ1v) is 12.5. The number of carbonyl (C=O) groups is 4. The van der Waals surface area contributed by atoms with Crippen LogP contribution in [0.1, 0.15) is 41.0 Å². The number of para-hydroxylation sites is 1. The standard InChI is InChI=1S/C29H26ClN3O5/c1-3-17-38-29(37)20-9-8-12-23(18-20)33-27(35)24(30)25(28(33)36)31-21-15-13-19(14-16-21)26(34)32(4-2)22-10-6-5-7-11-22/h5-16,18,31H,3-4,17H2,1-2H3. The van der Waals surface area contributed by atoms with Gasteiger partial charge in [-0.05, 0) is 67.9 Å². The molecule has 0 bridgehead atoms. The van der Waals surface area contributed by atoms with E-state index < -0.39 is 17.8 Å². The molecule has 38 heavy (non-hydrogen) atoms. The van der Waals surface area contributed by atoms with Crippen LogP contribution in [0.3, 0.4) is 0 Å². The number of carbonyl (C=O) groups excluding carboxylic acids is 4. The van der Waals surface area contributed by atoms with Crippen molar-refractivity contribution < 1.29 is 23.9 Å². The van der Waals surface area contributed by atoms with E-state index in [1.54, 1.807) is 41.3 Å². The van der Waals surface area contributed by atoms with E-state index in [0.717, 1.165) is 10.6 Å². The van der Waals surface area contributed by atoms with Crippen LogP contribution in [0.15, 0.2) is 89.6 Å². The average molecular weight is 532 g/mol. The Hall–Kier alpha value is -4.43. The van der Waals surface area contributed by atoms with Gasteiger partial charge in [-0.1, -0.05) is 42.8 Å². The fourth-order valence-electron chi connectivity index (χ4n) is 3.94. The van der Waals surface area contributed by atoms with Crippen molar-refractivity contribution in [2.24, 2.45) is 0 Å². The molecule has 0 saturated carbocycles. The van der Waals surface area contributed by atoms with Crippen LogP contribution in [0.5, 0.6) is 0 Å². The van der Waals surface area contributed by atoms with E-state index in [9.17, 15) is 19.2 Å². The number of benzene rings is 3. The van der Waals surface area contributed by atoms with Crippen LogP contribution >= 0.6 is 11.6 Å². The van der Waals surface area contributed by atoms with E-state index in [-0.39, 0.29) is 34.5 Å². The van der Waals surface area contributed by atoms with Crippen molar-refractivity contribution in [1.29, 1.82) is 0 Å². The number of nitrogens with one attached hydrogen (secondary N) is 1. The van der Waals surface area contributed by atoms with Gasteiger partial charge in [-0.25, -0.2) is 9.69 Å². The smallest absolute Gasteiger partial charge is 0.338 e. The highest BCUT2D eigenvalue weighted by Gasteiger charge is 2.39. The first kappa shape index (κ1) is 26.6. The van der Waals surface area contributed by atoms with Gasteiger partial charge in [0.05, 0.1) is 17.9 Å². The molecule has 0 saturated heterocycles. The number of nitrogens with zero attached hydrogens (tertiary/aromatic N) is 2. The molecule has 0 aromatic heterocycles. The van der Waals surface area contributed by atoms with Crippen LogP contribution in [0.25, 0.3) is 0 Å². The van der Waals surface area contributed by atoms with Crippen LogP contribution < -0.4 is 15.1 Å². The summed E-state index contributed by atoms with van der Waals surface area (Å²) in [6.45, 7) is 4.53. The number of amides is 3. The molecule has 0 fully saturated rings. The highest BCUT2D eigenvalue weighted by atomic mass is 35.5. The minimum absolute atomic E-state index is 0.103. The average Bonchev–Trinajstić information content (AvgIpc) is 3.15. The van der Waals surface area contributed by atoms with Crippen LogP contribution in [-0.4, -0.2) is 36.8 Å². The maximum absolute atomic E-state index is 13.2. The van der Waals surface area contributed by atoms with Gasteiger partial charge < -0.3 is 15.0 Å². The van der Waals surface area contributed by atoms with Gasteiger partial charge in [-0.3, -0.25) is 14.4 Å². The summed E-state index contributed by atoms with van der Waals surface area (Å²) < 4.78 is 5.14. The van der Waals surface area contributed by atoms with Crippen molar-refractivity contribution in [1.82, 2.24) is 0 Å². The summed E-state index contributed by atoms with van der Waals surface area (Å²) >= 11 is 6.25. The largest absolute Gasteiger partial charge is 0.462 e. The number of ether oxygens (including phenoxy) is 1. The van der Waals surface area contributed by atoms with Crippen LogP contribution in [0.4, 0.5) is 17.1 Å². The van der Waals surface area contributed by atoms with E-state index in [2.05, 4.69) is 5.32 Å². The quantitative estimate of drug-likeness (QED) is 0.295. The maximum Gasteiger partial charge on any atom is 0.338 e. The highest BCUT2D eigenvalue weighted by Crippen LogP contribution is 2.31. The molecule has 1 heterocycles. The minimum Gasteiger partial charge on any atom is -0.462 e. The van der Waals surface area contributed by atoms with E-state index in [0.29, 0.717) is 24.2 Å². The van der Waals surface area contributed by atoms with Crippen molar-refractivity contribution in [3.8, 4) is 0 Å². The fourth-order valence-corrected chi connectivity index (χ4v) is 4.16. The molecule has 0 aliphatic carbocycles. The monoisotopic (exact) mass is 531 g/mol. The first-order chi connectivity index (χ1) is 18.3. The lowest BCUT2D eigenvalue weighted by molar-refractivity contribution is -0.120. The Morgan fingerprint density at radius 1 is 0.895 bits per heavy atom. The second kappa shape index (κ2) is 11.7. The molecule has 3 aromatic carbocycles. The van der Waals surface area contributed by atoms with Gasteiger partial charge in [0.15, 0.2) is 0 Å². The summed E-state index contributed by atoms with van der Waals surface area (Å²) in [5.41, 5.74) is 2.03. The number of esters is 1. The molecule has 1 aliphatic heterocycles. The third-order valence-corrected chi connectivity index (χ3v) is 6.19. The van der Waals surface area contributed by atoms with Gasteiger partial charge in [0.2, 0.25) is 0 Å². The fraction of sp³-hybridized carbons (Fsp3) is 0.172. The maximum atomic E-state index is 13.2. The van der Waals surface area contributed by atoms with Crippen LogP contribution in [-0.2, 0) is 14.3 Å². The van der Waals surface area contributed by atoms with Gasteiger partial charge in [0, 0.05) is 23.5 Å². The van der Waals surface area contributed by atoms with Crippen molar-refractivity contribution in [2.45, 2.75) is 20.3 Å². The van der Waals surface area contributed by atoms with E-state index in [1.807, 2.05) is 44.2 Å². The molecule has 1 N–H and O–H groups in total. The lowest BCUT2D eigenvalue weighted by atomic mass is 10.1. The predicted octanol–water partition coefficient (Wildman–Crippen LogP) is 5.36. The number of hydrogen-bond acceptors (Lipinski definition) is 6. The SMILES string of the molecule is CCCOC(=O)c1cccc(N2C(=O)C(Cl)=C(Nc3ccc(C(=O)N(CC)c4ccccc4)cc3)C2=O)c1. The third-order valence-electron chi connectivity index (χ3n) is 5.84. The zero-order valence-corrected chi connectivity index (χ0v) is 21.7. The second-order valence-electron chi connectivity index (χ2n) is 8.41. The molecule has 3 amide bonds.